The molecule has 2 rings (SSSR count). The molecule has 0 bridgehead atoms. The molecule has 0 radical (unpaired) electrons. The molecular weight excluding hydrogens is 298 g/mol. The molecule has 0 atom stereocenters. The van der Waals surface area contributed by atoms with E-state index in [0.717, 1.165) is 11.6 Å². The minimum Gasteiger partial charge on any atom is -0.475 e. The van der Waals surface area contributed by atoms with Gasteiger partial charge in [0.25, 0.3) is 10.0 Å². The van der Waals surface area contributed by atoms with Crippen LogP contribution in [0.3, 0.4) is 0 Å². The van der Waals surface area contributed by atoms with E-state index >= 15 is 0 Å². The molecule has 0 fully saturated rings. The quantitative estimate of drug-likeness (QED) is 0.786. The van der Waals surface area contributed by atoms with Gasteiger partial charge < -0.3 is 9.52 Å². The van der Waals surface area contributed by atoms with Gasteiger partial charge in [-0.15, -0.1) is 0 Å². The second-order valence-electron chi connectivity index (χ2n) is 4.20. The Bertz CT molecular complexity index is 735. The maximum absolute atomic E-state index is 12.0. The van der Waals surface area contributed by atoms with Crippen LogP contribution in [0, 0.1) is 6.92 Å². The largest absolute Gasteiger partial charge is 0.475 e. The molecule has 112 valence electrons. The molecule has 0 unspecified atom stereocenters. The van der Waals surface area contributed by atoms with Gasteiger partial charge in [-0.2, -0.15) is 0 Å². The summed E-state index contributed by atoms with van der Waals surface area (Å²) >= 11 is 0. The van der Waals surface area contributed by atoms with Gasteiger partial charge in [0.2, 0.25) is 5.76 Å². The number of aromatic carboxylic acids is 1. The number of rotatable bonds is 6. The molecule has 0 amide bonds. The first-order chi connectivity index (χ1) is 9.90. The average Bonchev–Trinajstić information content (AvgIpc) is 2.83. The lowest BCUT2D eigenvalue weighted by Crippen LogP contribution is -2.24. The van der Waals surface area contributed by atoms with Gasteiger partial charge in [0.05, 0.1) is 6.61 Å². The summed E-state index contributed by atoms with van der Waals surface area (Å²) in [7, 11) is -4.00. The van der Waals surface area contributed by atoms with E-state index in [-0.39, 0.29) is 17.3 Å². The van der Waals surface area contributed by atoms with Crippen LogP contribution in [-0.2, 0) is 21.5 Å². The van der Waals surface area contributed by atoms with E-state index in [1.165, 1.54) is 6.92 Å². The fourth-order valence-electron chi connectivity index (χ4n) is 1.65. The Hall–Kier alpha value is -2.16. The van der Waals surface area contributed by atoms with E-state index in [4.69, 9.17) is 14.4 Å². The first-order valence-corrected chi connectivity index (χ1v) is 7.40. The average molecular weight is 311 g/mol. The van der Waals surface area contributed by atoms with E-state index in [1.54, 1.807) is 24.3 Å². The van der Waals surface area contributed by atoms with Crippen molar-refractivity contribution in [3.8, 4) is 0 Å². The molecule has 0 spiro atoms. The lowest BCUT2D eigenvalue weighted by Gasteiger charge is -2.06. The topological polar surface area (TPSA) is 106 Å². The van der Waals surface area contributed by atoms with Crippen LogP contribution in [-0.4, -0.2) is 19.5 Å². The highest BCUT2D eigenvalue weighted by atomic mass is 32.2. The molecule has 0 aliphatic rings. The minimum atomic E-state index is -4.00. The van der Waals surface area contributed by atoms with Gasteiger partial charge in [-0.1, -0.05) is 35.2 Å². The van der Waals surface area contributed by atoms with E-state index in [1.807, 2.05) is 11.0 Å². The van der Waals surface area contributed by atoms with E-state index in [0.29, 0.717) is 0 Å². The third-order valence-corrected chi connectivity index (χ3v) is 3.94. The lowest BCUT2D eigenvalue weighted by atomic mass is 10.2. The van der Waals surface area contributed by atoms with Crippen molar-refractivity contribution in [2.45, 2.75) is 18.4 Å². The maximum atomic E-state index is 12.0. The molecule has 21 heavy (non-hydrogen) atoms. The molecule has 8 heteroatoms. The van der Waals surface area contributed by atoms with Crippen LogP contribution in [0.1, 0.15) is 21.9 Å². The number of benzene rings is 1. The Morgan fingerprint density at radius 3 is 2.57 bits per heavy atom. The van der Waals surface area contributed by atoms with Crippen molar-refractivity contribution < 1.29 is 27.6 Å². The van der Waals surface area contributed by atoms with Crippen LogP contribution in [0.15, 0.2) is 45.7 Å². The second-order valence-corrected chi connectivity index (χ2v) is 5.81. The summed E-state index contributed by atoms with van der Waals surface area (Å²) in [6, 6.07) is 9.92. The Morgan fingerprint density at radius 2 is 2.00 bits per heavy atom. The predicted octanol–water partition coefficient (Wildman–Crippen LogP) is 1.70. The second kappa shape index (κ2) is 6.08. The fourth-order valence-corrected chi connectivity index (χ4v) is 2.63. The summed E-state index contributed by atoms with van der Waals surface area (Å²) in [5, 5.41) is 8.77. The minimum absolute atomic E-state index is 0.0248. The highest BCUT2D eigenvalue weighted by Crippen LogP contribution is 2.20. The molecule has 1 aromatic heterocycles. The Kier molecular flexibility index (Phi) is 4.41. The number of hydrogen-bond donors (Lipinski definition) is 2. The highest BCUT2D eigenvalue weighted by molar-refractivity contribution is 7.89. The summed E-state index contributed by atoms with van der Waals surface area (Å²) in [6.07, 6.45) is 0. The van der Waals surface area contributed by atoms with Crippen LogP contribution < -0.4 is 4.89 Å². The zero-order valence-electron chi connectivity index (χ0n) is 11.1. The zero-order valence-corrected chi connectivity index (χ0v) is 11.9. The van der Waals surface area contributed by atoms with Gasteiger partial charge in [0.15, 0.2) is 0 Å². The SMILES string of the molecule is Cc1oc(C(=O)O)cc1S(=O)(=O)NOCc1ccccc1. The van der Waals surface area contributed by atoms with E-state index in [2.05, 4.69) is 0 Å². The van der Waals surface area contributed by atoms with Crippen LogP contribution in [0.5, 0.6) is 0 Å². The van der Waals surface area contributed by atoms with Crippen LogP contribution >= 0.6 is 0 Å². The molecule has 0 saturated heterocycles. The number of carbonyl (C=O) groups is 1. The normalized spacial score (nSPS) is 11.5. The molecule has 2 N–H and O–H groups in total. The first-order valence-electron chi connectivity index (χ1n) is 5.91. The number of carboxylic acids is 1. The van der Waals surface area contributed by atoms with Gasteiger partial charge in [0.1, 0.15) is 10.7 Å². The third-order valence-electron chi connectivity index (χ3n) is 2.62. The van der Waals surface area contributed by atoms with Gasteiger partial charge in [-0.05, 0) is 12.5 Å². The molecule has 0 aliphatic carbocycles. The number of aryl methyl sites for hydroxylation is 1. The summed E-state index contributed by atoms with van der Waals surface area (Å²) in [5.74, 6) is -1.82. The predicted molar refractivity (Wildman–Crippen MR) is 72.0 cm³/mol. The molecule has 7 nitrogen and oxygen atoms in total. The van der Waals surface area contributed by atoms with Crippen LogP contribution in [0.4, 0.5) is 0 Å². The van der Waals surface area contributed by atoms with Gasteiger partial charge in [-0.3, -0.25) is 4.84 Å². The van der Waals surface area contributed by atoms with Crippen molar-refractivity contribution in [2.75, 3.05) is 0 Å². The highest BCUT2D eigenvalue weighted by Gasteiger charge is 2.24. The Morgan fingerprint density at radius 1 is 1.33 bits per heavy atom. The van der Waals surface area contributed by atoms with Crippen molar-refractivity contribution in [1.82, 2.24) is 4.89 Å². The summed E-state index contributed by atoms with van der Waals surface area (Å²) < 4.78 is 28.8. The lowest BCUT2D eigenvalue weighted by molar-refractivity contribution is 0.0661. The summed E-state index contributed by atoms with van der Waals surface area (Å²) in [4.78, 5) is 17.4. The Balaban J connectivity index is 2.07. The number of carboxylic acid groups (broad SMARTS) is 1. The van der Waals surface area contributed by atoms with Gasteiger partial charge in [0, 0.05) is 6.07 Å². The molecule has 2 aromatic rings. The van der Waals surface area contributed by atoms with E-state index in [9.17, 15) is 13.2 Å². The standard InChI is InChI=1S/C13H13NO6S/c1-9-12(7-11(20-9)13(15)16)21(17,18)14-19-8-10-5-3-2-4-6-10/h2-7,14H,8H2,1H3,(H,15,16). The molecule has 0 saturated carbocycles. The van der Waals surface area contributed by atoms with Crippen LogP contribution in [0.25, 0.3) is 0 Å². The number of hydrogen-bond acceptors (Lipinski definition) is 5. The molecule has 1 heterocycles. The van der Waals surface area contributed by atoms with Crippen molar-refractivity contribution >= 4 is 16.0 Å². The molecular formula is C13H13NO6S. The van der Waals surface area contributed by atoms with Crippen molar-refractivity contribution in [3.63, 3.8) is 0 Å². The number of sulfonamides is 1. The van der Waals surface area contributed by atoms with Crippen molar-refractivity contribution in [1.29, 1.82) is 0 Å². The third kappa shape index (κ3) is 3.69. The Labute approximate surface area is 121 Å². The van der Waals surface area contributed by atoms with Crippen molar-refractivity contribution in [3.05, 3.63) is 53.5 Å². The summed E-state index contributed by atoms with van der Waals surface area (Å²) in [5.41, 5.74) is 0.787. The molecule has 1 aromatic carbocycles. The molecule has 0 aliphatic heterocycles. The van der Waals surface area contributed by atoms with Gasteiger partial charge in [-0.25, -0.2) is 13.2 Å². The number of furan rings is 1. The van der Waals surface area contributed by atoms with Gasteiger partial charge >= 0.3 is 5.97 Å². The monoisotopic (exact) mass is 311 g/mol. The van der Waals surface area contributed by atoms with Crippen LogP contribution in [0.2, 0.25) is 0 Å². The van der Waals surface area contributed by atoms with E-state index < -0.39 is 21.8 Å². The van der Waals surface area contributed by atoms with Crippen molar-refractivity contribution in [2.24, 2.45) is 0 Å². The summed E-state index contributed by atoms with van der Waals surface area (Å²) in [6.45, 7) is 1.40. The number of nitrogens with one attached hydrogen (secondary N) is 1. The fraction of sp³-hybridized carbons (Fsp3) is 0.154. The maximum Gasteiger partial charge on any atom is 0.371 e. The zero-order chi connectivity index (χ0) is 15.5. The smallest absolute Gasteiger partial charge is 0.371 e. The first kappa shape index (κ1) is 15.2.